The molecule has 5 heteroatoms. The maximum atomic E-state index is 11.0. The van der Waals surface area contributed by atoms with Gasteiger partial charge in [0.25, 0.3) is 0 Å². The van der Waals surface area contributed by atoms with Gasteiger partial charge in [0, 0.05) is 7.11 Å². The fraction of sp³-hybridized carbons (Fsp3) is 1.00. The third-order valence-corrected chi connectivity index (χ3v) is 4.70. The highest BCUT2D eigenvalue weighted by atomic mass is 31.2. The third kappa shape index (κ3) is 16.3. The standard InChI is InChI=1S/C16H35O4P/c1-3-4-5-6-7-8-9-10-11-12-13-14-15-16-20-21(17,18)19-2/h3-16H2,1-2H3,(H,17,18). The van der Waals surface area contributed by atoms with Crippen LogP contribution in [0, 0.1) is 0 Å². The minimum absolute atomic E-state index is 0.305. The topological polar surface area (TPSA) is 55.8 Å². The third-order valence-electron chi connectivity index (χ3n) is 3.73. The van der Waals surface area contributed by atoms with Gasteiger partial charge >= 0.3 is 7.82 Å². The summed E-state index contributed by atoms with van der Waals surface area (Å²) < 4.78 is 20.1. The molecular weight excluding hydrogens is 287 g/mol. The van der Waals surface area contributed by atoms with E-state index in [-0.39, 0.29) is 0 Å². The molecule has 0 amide bonds. The molecule has 128 valence electrons. The van der Waals surface area contributed by atoms with Crippen molar-refractivity contribution < 1.29 is 18.5 Å². The number of phosphoric ester groups is 1. The Labute approximate surface area is 131 Å². The minimum atomic E-state index is -3.76. The predicted molar refractivity (Wildman–Crippen MR) is 88.5 cm³/mol. The zero-order valence-electron chi connectivity index (χ0n) is 14.0. The molecule has 0 rings (SSSR count). The molecule has 0 aromatic heterocycles. The Balaban J connectivity index is 3.08. The first kappa shape index (κ1) is 21.1. The molecule has 0 aromatic carbocycles. The van der Waals surface area contributed by atoms with Crippen LogP contribution in [0.1, 0.15) is 90.4 Å². The molecule has 0 aliphatic carbocycles. The first-order chi connectivity index (χ1) is 10.1. The summed E-state index contributed by atoms with van der Waals surface area (Å²) in [6.45, 7) is 2.56. The van der Waals surface area contributed by atoms with E-state index in [4.69, 9.17) is 9.42 Å². The fourth-order valence-corrected chi connectivity index (χ4v) is 2.82. The van der Waals surface area contributed by atoms with Crippen LogP contribution in [0.25, 0.3) is 0 Å². The molecule has 0 fully saturated rings. The van der Waals surface area contributed by atoms with E-state index in [2.05, 4.69) is 11.4 Å². The van der Waals surface area contributed by atoms with Gasteiger partial charge in [0.15, 0.2) is 0 Å². The minimum Gasteiger partial charge on any atom is -0.303 e. The second-order valence-electron chi connectivity index (χ2n) is 5.73. The molecule has 0 aromatic rings. The van der Waals surface area contributed by atoms with Crippen molar-refractivity contribution in [2.24, 2.45) is 0 Å². The van der Waals surface area contributed by atoms with E-state index in [0.717, 1.165) is 12.8 Å². The molecule has 1 unspecified atom stereocenters. The van der Waals surface area contributed by atoms with Gasteiger partial charge in [-0.25, -0.2) is 4.57 Å². The van der Waals surface area contributed by atoms with Crippen LogP contribution in [-0.4, -0.2) is 18.6 Å². The van der Waals surface area contributed by atoms with Gasteiger partial charge in [0.2, 0.25) is 0 Å². The van der Waals surface area contributed by atoms with Crippen molar-refractivity contribution in [1.29, 1.82) is 0 Å². The number of rotatable bonds is 16. The van der Waals surface area contributed by atoms with E-state index in [9.17, 15) is 4.57 Å². The van der Waals surface area contributed by atoms with Crippen molar-refractivity contribution in [3.63, 3.8) is 0 Å². The molecule has 0 saturated heterocycles. The Morgan fingerprint density at radius 2 is 1.14 bits per heavy atom. The van der Waals surface area contributed by atoms with E-state index in [1.54, 1.807) is 0 Å². The van der Waals surface area contributed by atoms with Crippen molar-refractivity contribution >= 4 is 7.82 Å². The highest BCUT2D eigenvalue weighted by Gasteiger charge is 2.17. The van der Waals surface area contributed by atoms with Crippen LogP contribution in [0.3, 0.4) is 0 Å². The first-order valence-corrected chi connectivity index (χ1v) is 10.1. The lowest BCUT2D eigenvalue weighted by Crippen LogP contribution is -1.94. The molecule has 0 heterocycles. The summed E-state index contributed by atoms with van der Waals surface area (Å²) in [5.41, 5.74) is 0. The van der Waals surface area contributed by atoms with Crippen LogP contribution in [0.4, 0.5) is 0 Å². The highest BCUT2D eigenvalue weighted by Crippen LogP contribution is 2.41. The normalized spacial score (nSPS) is 14.2. The Morgan fingerprint density at radius 3 is 1.52 bits per heavy atom. The van der Waals surface area contributed by atoms with Crippen molar-refractivity contribution in [1.82, 2.24) is 0 Å². The van der Waals surface area contributed by atoms with E-state index in [0.29, 0.717) is 6.61 Å². The summed E-state index contributed by atoms with van der Waals surface area (Å²) in [6, 6.07) is 0. The summed E-state index contributed by atoms with van der Waals surface area (Å²) in [5, 5.41) is 0. The van der Waals surface area contributed by atoms with Gasteiger partial charge in [-0.05, 0) is 6.42 Å². The van der Waals surface area contributed by atoms with Crippen LogP contribution in [-0.2, 0) is 13.6 Å². The lowest BCUT2D eigenvalue weighted by molar-refractivity contribution is 0.170. The highest BCUT2D eigenvalue weighted by molar-refractivity contribution is 7.47. The van der Waals surface area contributed by atoms with Crippen molar-refractivity contribution in [2.45, 2.75) is 90.4 Å². The Morgan fingerprint density at radius 1 is 0.762 bits per heavy atom. The fourth-order valence-electron chi connectivity index (χ4n) is 2.35. The van der Waals surface area contributed by atoms with E-state index >= 15 is 0 Å². The predicted octanol–water partition coefficient (Wildman–Crippen LogP) is 5.84. The average molecular weight is 322 g/mol. The maximum absolute atomic E-state index is 11.0. The summed E-state index contributed by atoms with van der Waals surface area (Å²) in [4.78, 5) is 9.03. The van der Waals surface area contributed by atoms with Crippen LogP contribution >= 0.6 is 7.82 Å². The molecule has 4 nitrogen and oxygen atoms in total. The molecule has 1 atom stereocenters. The van der Waals surface area contributed by atoms with Gasteiger partial charge in [-0.2, -0.15) is 0 Å². The second-order valence-corrected chi connectivity index (χ2v) is 7.29. The van der Waals surface area contributed by atoms with E-state index in [1.165, 1.54) is 77.7 Å². The zero-order valence-corrected chi connectivity index (χ0v) is 14.9. The van der Waals surface area contributed by atoms with Gasteiger partial charge in [-0.1, -0.05) is 84.0 Å². The lowest BCUT2D eigenvalue weighted by Gasteiger charge is -2.08. The summed E-state index contributed by atoms with van der Waals surface area (Å²) in [6.07, 6.45) is 16.7. The quantitative estimate of drug-likeness (QED) is 0.286. The smallest absolute Gasteiger partial charge is 0.303 e. The van der Waals surface area contributed by atoms with Gasteiger partial charge < -0.3 is 4.89 Å². The molecule has 0 spiro atoms. The Hall–Kier alpha value is 0.110. The molecule has 0 saturated carbocycles. The Bertz CT molecular complexity index is 259. The molecular formula is C16H35O4P. The van der Waals surface area contributed by atoms with Crippen molar-refractivity contribution in [3.05, 3.63) is 0 Å². The SMILES string of the molecule is CCCCCCCCCCCCCCCOP(=O)(O)OC. The monoisotopic (exact) mass is 322 g/mol. The number of hydrogen-bond acceptors (Lipinski definition) is 3. The lowest BCUT2D eigenvalue weighted by atomic mass is 10.0. The number of hydrogen-bond donors (Lipinski definition) is 1. The van der Waals surface area contributed by atoms with Crippen molar-refractivity contribution in [3.8, 4) is 0 Å². The molecule has 0 radical (unpaired) electrons. The second kappa shape index (κ2) is 15.0. The van der Waals surface area contributed by atoms with Gasteiger partial charge in [0.05, 0.1) is 6.61 Å². The molecule has 0 bridgehead atoms. The Kier molecular flexibility index (Phi) is 15.1. The van der Waals surface area contributed by atoms with Crippen LogP contribution in [0.5, 0.6) is 0 Å². The average Bonchev–Trinajstić information content (AvgIpc) is 2.47. The van der Waals surface area contributed by atoms with Gasteiger partial charge in [-0.15, -0.1) is 0 Å². The molecule has 0 aliphatic heterocycles. The zero-order chi connectivity index (χ0) is 15.8. The largest absolute Gasteiger partial charge is 0.471 e. The van der Waals surface area contributed by atoms with Crippen molar-refractivity contribution in [2.75, 3.05) is 13.7 Å². The van der Waals surface area contributed by atoms with Crippen LogP contribution in [0.2, 0.25) is 0 Å². The van der Waals surface area contributed by atoms with E-state index < -0.39 is 7.82 Å². The van der Waals surface area contributed by atoms with Crippen LogP contribution in [0.15, 0.2) is 0 Å². The maximum Gasteiger partial charge on any atom is 0.471 e. The molecule has 0 aliphatic rings. The number of unbranched alkanes of at least 4 members (excludes halogenated alkanes) is 12. The summed E-state index contributed by atoms with van der Waals surface area (Å²) in [7, 11) is -2.57. The number of phosphoric acid groups is 1. The van der Waals surface area contributed by atoms with E-state index in [1.807, 2.05) is 0 Å². The van der Waals surface area contributed by atoms with Crippen LogP contribution < -0.4 is 0 Å². The molecule has 21 heavy (non-hydrogen) atoms. The van der Waals surface area contributed by atoms with Gasteiger partial charge in [-0.3, -0.25) is 9.05 Å². The summed E-state index contributed by atoms with van der Waals surface area (Å²) in [5.74, 6) is 0. The first-order valence-electron chi connectivity index (χ1n) is 8.65. The molecule has 1 N–H and O–H groups in total. The van der Waals surface area contributed by atoms with Gasteiger partial charge in [0.1, 0.15) is 0 Å². The summed E-state index contributed by atoms with van der Waals surface area (Å²) >= 11 is 0.